The van der Waals surface area contributed by atoms with Crippen molar-refractivity contribution >= 4 is 23.5 Å². The minimum atomic E-state index is 0.580. The lowest BCUT2D eigenvalue weighted by molar-refractivity contribution is -0.0544. The Hall–Kier alpha value is 0.400. The first-order chi connectivity index (χ1) is 10.4. The maximum Gasteiger partial charge on any atom is 0.0603 e. The van der Waals surface area contributed by atoms with Crippen LogP contribution in [0.25, 0.3) is 0 Å². The van der Waals surface area contributed by atoms with Gasteiger partial charge in [0.25, 0.3) is 0 Å². The number of rotatable bonds is 3. The van der Waals surface area contributed by atoms with Gasteiger partial charge >= 0.3 is 0 Å². The van der Waals surface area contributed by atoms with Gasteiger partial charge in [0, 0.05) is 10.8 Å². The van der Waals surface area contributed by atoms with E-state index in [4.69, 9.17) is 4.74 Å². The van der Waals surface area contributed by atoms with Crippen LogP contribution in [0.3, 0.4) is 0 Å². The molecule has 1 nitrogen and oxygen atoms in total. The van der Waals surface area contributed by atoms with Crippen LogP contribution in [0.4, 0.5) is 0 Å². The zero-order valence-corrected chi connectivity index (χ0v) is 15.1. The smallest absolute Gasteiger partial charge is 0.0603 e. The molecule has 2 aliphatic heterocycles. The highest BCUT2D eigenvalue weighted by Crippen LogP contribution is 2.44. The van der Waals surface area contributed by atoms with E-state index < -0.39 is 0 Å². The topological polar surface area (TPSA) is 9.23 Å². The fraction of sp³-hybridized carbons (Fsp3) is 0.889. The molecule has 21 heavy (non-hydrogen) atoms. The van der Waals surface area contributed by atoms with Crippen molar-refractivity contribution in [3.63, 3.8) is 0 Å². The summed E-state index contributed by atoms with van der Waals surface area (Å²) in [6.45, 7) is 3.33. The lowest BCUT2D eigenvalue weighted by atomic mass is 9.79. The van der Waals surface area contributed by atoms with Crippen LogP contribution in [-0.4, -0.2) is 24.2 Å². The van der Waals surface area contributed by atoms with E-state index in [0.717, 1.165) is 18.4 Å². The van der Waals surface area contributed by atoms with Gasteiger partial charge in [-0.3, -0.25) is 0 Å². The molecule has 0 aromatic heterocycles. The Morgan fingerprint density at radius 1 is 1.05 bits per heavy atom. The molecule has 2 atom stereocenters. The van der Waals surface area contributed by atoms with E-state index in [2.05, 4.69) is 30.4 Å². The Bertz CT molecular complexity index is 340. The first kappa shape index (κ1) is 16.3. The first-order valence-corrected chi connectivity index (χ1v) is 10.9. The van der Waals surface area contributed by atoms with Gasteiger partial charge in [-0.15, -0.1) is 23.5 Å². The highest BCUT2D eigenvalue weighted by Gasteiger charge is 2.30. The van der Waals surface area contributed by atoms with E-state index in [1.54, 1.807) is 9.81 Å². The van der Waals surface area contributed by atoms with Crippen LogP contribution in [0.5, 0.6) is 0 Å². The highest BCUT2D eigenvalue weighted by molar-refractivity contribution is 8.22. The Labute approximate surface area is 139 Å². The molecule has 0 aromatic rings. The summed E-state index contributed by atoms with van der Waals surface area (Å²) in [7, 11) is 0. The molecule has 2 saturated heterocycles. The zero-order valence-electron chi connectivity index (χ0n) is 13.4. The van der Waals surface area contributed by atoms with Crippen LogP contribution < -0.4 is 0 Å². The van der Waals surface area contributed by atoms with E-state index in [0.29, 0.717) is 6.10 Å². The van der Waals surface area contributed by atoms with Gasteiger partial charge in [0.1, 0.15) is 0 Å². The van der Waals surface area contributed by atoms with Crippen molar-refractivity contribution in [2.75, 3.05) is 18.1 Å². The second-order valence-corrected chi connectivity index (χ2v) is 9.35. The first-order valence-electron chi connectivity index (χ1n) is 8.96. The third-order valence-electron chi connectivity index (χ3n) is 5.31. The molecular formula is C18H30OS2. The minimum absolute atomic E-state index is 0.580. The van der Waals surface area contributed by atoms with Crippen molar-refractivity contribution in [3.05, 3.63) is 9.81 Å². The maximum atomic E-state index is 6.24. The molecule has 0 aromatic carbocycles. The summed E-state index contributed by atoms with van der Waals surface area (Å²) in [5.41, 5.74) is 1.78. The molecule has 3 heteroatoms. The van der Waals surface area contributed by atoms with Crippen LogP contribution in [0.2, 0.25) is 0 Å². The van der Waals surface area contributed by atoms with Gasteiger partial charge in [-0.25, -0.2) is 0 Å². The summed E-state index contributed by atoms with van der Waals surface area (Å²) in [5.74, 6) is 4.39. The van der Waals surface area contributed by atoms with Gasteiger partial charge < -0.3 is 4.74 Å². The van der Waals surface area contributed by atoms with Gasteiger partial charge in [0.2, 0.25) is 0 Å². The van der Waals surface area contributed by atoms with Crippen LogP contribution in [0, 0.1) is 11.8 Å². The fourth-order valence-corrected chi connectivity index (χ4v) is 6.81. The standard InChI is InChI=1S/C18H30OS2/c1-2-4-14-5-10-17(19-13-14)15-6-8-16(9-7-15)18-20-11-3-12-21-18/h14-15,17H,2-13H2,1H3. The molecule has 0 amide bonds. The van der Waals surface area contributed by atoms with E-state index in [-0.39, 0.29) is 0 Å². The lowest BCUT2D eigenvalue weighted by Gasteiger charge is -2.37. The SMILES string of the molecule is CCCC1CCC(C2CCC(=C3SCCCS3)CC2)OC1. The number of ether oxygens (including phenoxy) is 1. The van der Waals surface area contributed by atoms with Crippen molar-refractivity contribution in [1.29, 1.82) is 0 Å². The summed E-state index contributed by atoms with van der Waals surface area (Å²) in [4.78, 5) is 0. The summed E-state index contributed by atoms with van der Waals surface area (Å²) < 4.78 is 7.92. The number of hydrogen-bond donors (Lipinski definition) is 0. The summed E-state index contributed by atoms with van der Waals surface area (Å²) >= 11 is 4.25. The molecule has 2 heterocycles. The van der Waals surface area contributed by atoms with E-state index in [9.17, 15) is 0 Å². The molecule has 3 rings (SSSR count). The maximum absolute atomic E-state index is 6.24. The van der Waals surface area contributed by atoms with Gasteiger partial charge in [0.15, 0.2) is 0 Å². The number of allylic oxidation sites excluding steroid dienone is 1. The van der Waals surface area contributed by atoms with Crippen LogP contribution in [-0.2, 0) is 4.74 Å². The third-order valence-corrected chi connectivity index (χ3v) is 8.10. The van der Waals surface area contributed by atoms with Crippen molar-refractivity contribution in [2.24, 2.45) is 11.8 Å². The Kier molecular flexibility index (Phi) is 6.43. The average Bonchev–Trinajstić information content (AvgIpc) is 2.57. The van der Waals surface area contributed by atoms with Gasteiger partial charge in [-0.1, -0.05) is 18.9 Å². The quantitative estimate of drug-likeness (QED) is 0.643. The molecule has 0 spiro atoms. The zero-order chi connectivity index (χ0) is 14.5. The molecule has 2 unspecified atom stereocenters. The van der Waals surface area contributed by atoms with E-state index in [1.165, 1.54) is 69.3 Å². The van der Waals surface area contributed by atoms with Gasteiger partial charge in [-0.05, 0) is 74.7 Å². The molecule has 3 aliphatic rings. The number of thioether (sulfide) groups is 2. The highest BCUT2D eigenvalue weighted by atomic mass is 32.2. The monoisotopic (exact) mass is 326 g/mol. The predicted octanol–water partition coefficient (Wildman–Crippen LogP) is 5.85. The van der Waals surface area contributed by atoms with Crippen LogP contribution in [0.15, 0.2) is 9.81 Å². The Morgan fingerprint density at radius 3 is 2.43 bits per heavy atom. The van der Waals surface area contributed by atoms with Gasteiger partial charge in [-0.2, -0.15) is 0 Å². The second kappa shape index (κ2) is 8.31. The Morgan fingerprint density at radius 2 is 1.81 bits per heavy atom. The normalized spacial score (nSPS) is 35.0. The molecular weight excluding hydrogens is 296 g/mol. The van der Waals surface area contributed by atoms with E-state index in [1.807, 2.05) is 0 Å². The molecule has 120 valence electrons. The lowest BCUT2D eigenvalue weighted by Crippen LogP contribution is -2.33. The molecule has 1 aliphatic carbocycles. The molecule has 0 N–H and O–H groups in total. The van der Waals surface area contributed by atoms with Crippen molar-refractivity contribution in [1.82, 2.24) is 0 Å². The van der Waals surface area contributed by atoms with Crippen molar-refractivity contribution in [3.8, 4) is 0 Å². The largest absolute Gasteiger partial charge is 0.378 e. The summed E-state index contributed by atoms with van der Waals surface area (Å²) in [6, 6.07) is 0. The molecule has 0 bridgehead atoms. The van der Waals surface area contributed by atoms with Crippen molar-refractivity contribution in [2.45, 2.75) is 70.8 Å². The van der Waals surface area contributed by atoms with E-state index >= 15 is 0 Å². The molecule has 1 saturated carbocycles. The molecule has 0 radical (unpaired) electrons. The number of hydrogen-bond acceptors (Lipinski definition) is 3. The fourth-order valence-electron chi connectivity index (χ4n) is 4.03. The van der Waals surface area contributed by atoms with Crippen molar-refractivity contribution < 1.29 is 4.74 Å². The van der Waals surface area contributed by atoms with Crippen LogP contribution >= 0.6 is 23.5 Å². The van der Waals surface area contributed by atoms with Crippen LogP contribution in [0.1, 0.15) is 64.7 Å². The molecule has 3 fully saturated rings. The predicted molar refractivity (Wildman–Crippen MR) is 95.9 cm³/mol. The van der Waals surface area contributed by atoms with Gasteiger partial charge in [0.05, 0.1) is 6.10 Å². The summed E-state index contributed by atoms with van der Waals surface area (Å²) in [6.07, 6.45) is 12.8. The second-order valence-electron chi connectivity index (χ2n) is 6.88. The average molecular weight is 327 g/mol. The summed E-state index contributed by atoms with van der Waals surface area (Å²) in [5, 5.41) is 0. The Balaban J connectivity index is 1.46. The minimum Gasteiger partial charge on any atom is -0.378 e. The third kappa shape index (κ3) is 4.45.